The molecule has 0 heterocycles. The van der Waals surface area contributed by atoms with Gasteiger partial charge in [0.15, 0.2) is 11.6 Å². The Morgan fingerprint density at radius 3 is 2.63 bits per heavy atom. The van der Waals surface area contributed by atoms with E-state index in [1.807, 2.05) is 6.08 Å². The summed E-state index contributed by atoms with van der Waals surface area (Å²) < 4.78 is 10.9. The number of hydrogen-bond acceptors (Lipinski definition) is 4. The molecular weight excluding hydrogens is 244 g/mol. The summed E-state index contributed by atoms with van der Waals surface area (Å²) >= 11 is 0. The average Bonchev–Trinajstić information content (AvgIpc) is 2.89. The normalized spacial score (nSPS) is 38.3. The van der Waals surface area contributed by atoms with Crippen LogP contribution in [0.5, 0.6) is 0 Å². The lowest BCUT2D eigenvalue weighted by molar-refractivity contribution is -0.249. The lowest BCUT2D eigenvalue weighted by atomic mass is 9.56. The Balaban J connectivity index is 2.17. The van der Waals surface area contributed by atoms with Crippen molar-refractivity contribution in [3.8, 4) is 0 Å². The number of methoxy groups -OCH3 is 2. The van der Waals surface area contributed by atoms with Gasteiger partial charge in [0.05, 0.1) is 5.92 Å². The maximum atomic E-state index is 12.6. The van der Waals surface area contributed by atoms with Crippen molar-refractivity contribution < 1.29 is 19.1 Å². The molecule has 4 nitrogen and oxygen atoms in total. The maximum absolute atomic E-state index is 12.6. The highest BCUT2D eigenvalue weighted by Gasteiger charge is 2.64. The first-order valence-electron chi connectivity index (χ1n) is 6.60. The zero-order valence-corrected chi connectivity index (χ0v) is 11.4. The minimum atomic E-state index is -1.28. The van der Waals surface area contributed by atoms with Crippen molar-refractivity contribution in [1.29, 1.82) is 0 Å². The van der Waals surface area contributed by atoms with E-state index in [9.17, 15) is 9.59 Å². The van der Waals surface area contributed by atoms with Crippen molar-refractivity contribution in [3.05, 3.63) is 23.8 Å². The molecule has 0 aromatic carbocycles. The van der Waals surface area contributed by atoms with E-state index in [0.717, 1.165) is 6.42 Å². The smallest absolute Gasteiger partial charge is 0.236 e. The summed E-state index contributed by atoms with van der Waals surface area (Å²) in [6.07, 6.45) is 6.91. The topological polar surface area (TPSA) is 52.6 Å². The predicted molar refractivity (Wildman–Crippen MR) is 68.2 cm³/mol. The first kappa shape index (κ1) is 12.8. The number of Topliss-reactive ketones (excluding diaryl/α,β-unsaturated/α-hetero) is 2. The van der Waals surface area contributed by atoms with Gasteiger partial charge in [-0.2, -0.15) is 0 Å². The summed E-state index contributed by atoms with van der Waals surface area (Å²) in [5, 5.41) is 0. The highest BCUT2D eigenvalue weighted by Crippen LogP contribution is 2.56. The molecule has 2 bridgehead atoms. The number of carbonyl (C=O) groups excluding carboxylic acids is 2. The van der Waals surface area contributed by atoms with Gasteiger partial charge in [0.1, 0.15) is 0 Å². The van der Waals surface area contributed by atoms with Crippen LogP contribution in [0, 0.1) is 23.7 Å². The summed E-state index contributed by atoms with van der Waals surface area (Å²) in [5.74, 6) is -1.50. The van der Waals surface area contributed by atoms with Gasteiger partial charge >= 0.3 is 0 Å². The molecule has 0 radical (unpaired) electrons. The molecule has 4 aliphatic carbocycles. The Hall–Kier alpha value is -1.26. The van der Waals surface area contributed by atoms with Gasteiger partial charge in [0.25, 0.3) is 0 Å². The standard InChI is InChI=1S/C15H18O4/c1-8(16)11-7-12-9-5-4-6-10(9)13(11)15(18-2,19-3)14(12)17/h4-5,7,9-10,12-13H,6H2,1-3H3. The Kier molecular flexibility index (Phi) is 2.76. The predicted octanol–water partition coefficient (Wildman–Crippen LogP) is 1.51. The van der Waals surface area contributed by atoms with Gasteiger partial charge < -0.3 is 9.47 Å². The SMILES string of the molecule is COC1(OC)C(=O)C2C=C(C(C)=O)C1C1CC=CC21. The fourth-order valence-electron chi connectivity index (χ4n) is 4.07. The number of ether oxygens (including phenoxy) is 2. The van der Waals surface area contributed by atoms with Crippen LogP contribution in [0.3, 0.4) is 0 Å². The molecule has 1 saturated carbocycles. The summed E-state index contributed by atoms with van der Waals surface area (Å²) in [7, 11) is 2.97. The van der Waals surface area contributed by atoms with E-state index in [2.05, 4.69) is 12.2 Å². The first-order valence-corrected chi connectivity index (χ1v) is 6.60. The van der Waals surface area contributed by atoms with Crippen molar-refractivity contribution >= 4 is 11.6 Å². The van der Waals surface area contributed by atoms with Gasteiger partial charge in [-0.3, -0.25) is 9.59 Å². The summed E-state index contributed by atoms with van der Waals surface area (Å²) in [5.41, 5.74) is 0.693. The van der Waals surface area contributed by atoms with Crippen molar-refractivity contribution in [2.45, 2.75) is 19.1 Å². The fourth-order valence-corrected chi connectivity index (χ4v) is 4.07. The van der Waals surface area contributed by atoms with Crippen molar-refractivity contribution in [1.82, 2.24) is 0 Å². The molecule has 19 heavy (non-hydrogen) atoms. The molecule has 4 heteroatoms. The van der Waals surface area contributed by atoms with Gasteiger partial charge in [0.2, 0.25) is 5.79 Å². The third-order valence-electron chi connectivity index (χ3n) is 4.87. The van der Waals surface area contributed by atoms with Crippen LogP contribution in [0.1, 0.15) is 13.3 Å². The largest absolute Gasteiger partial charge is 0.346 e. The highest BCUT2D eigenvalue weighted by atomic mass is 16.7. The number of hydrogen-bond donors (Lipinski definition) is 0. The minimum Gasteiger partial charge on any atom is -0.346 e. The van der Waals surface area contributed by atoms with Crippen LogP contribution in [0.4, 0.5) is 0 Å². The van der Waals surface area contributed by atoms with Crippen LogP contribution < -0.4 is 0 Å². The molecular formula is C15H18O4. The Morgan fingerprint density at radius 2 is 2.05 bits per heavy atom. The van der Waals surface area contributed by atoms with Crippen LogP contribution in [0.2, 0.25) is 0 Å². The zero-order chi connectivity index (χ0) is 13.8. The summed E-state index contributed by atoms with van der Waals surface area (Å²) in [4.78, 5) is 24.5. The van der Waals surface area contributed by atoms with E-state index in [1.165, 1.54) is 14.2 Å². The number of fused-ring (bicyclic) bond motifs is 1. The van der Waals surface area contributed by atoms with E-state index in [4.69, 9.17) is 9.47 Å². The van der Waals surface area contributed by atoms with Gasteiger partial charge in [-0.05, 0) is 25.2 Å². The van der Waals surface area contributed by atoms with Crippen LogP contribution in [-0.2, 0) is 19.1 Å². The molecule has 4 atom stereocenters. The third kappa shape index (κ3) is 1.41. The van der Waals surface area contributed by atoms with Gasteiger partial charge in [-0.1, -0.05) is 18.2 Å². The zero-order valence-electron chi connectivity index (χ0n) is 11.4. The van der Waals surface area contributed by atoms with E-state index < -0.39 is 5.79 Å². The molecule has 4 rings (SSSR count). The van der Waals surface area contributed by atoms with Gasteiger partial charge in [-0.25, -0.2) is 0 Å². The van der Waals surface area contributed by atoms with E-state index in [-0.39, 0.29) is 35.2 Å². The monoisotopic (exact) mass is 262 g/mol. The van der Waals surface area contributed by atoms with Crippen molar-refractivity contribution in [3.63, 3.8) is 0 Å². The van der Waals surface area contributed by atoms with Gasteiger partial charge in [0, 0.05) is 25.7 Å². The quantitative estimate of drug-likeness (QED) is 0.571. The maximum Gasteiger partial charge on any atom is 0.236 e. The van der Waals surface area contributed by atoms with Crippen LogP contribution in [-0.4, -0.2) is 31.6 Å². The Morgan fingerprint density at radius 1 is 1.37 bits per heavy atom. The summed E-state index contributed by atoms with van der Waals surface area (Å²) in [6, 6.07) is 0. The Bertz CT molecular complexity index is 498. The van der Waals surface area contributed by atoms with Crippen molar-refractivity contribution in [2.24, 2.45) is 23.7 Å². The van der Waals surface area contributed by atoms with Crippen molar-refractivity contribution in [2.75, 3.05) is 14.2 Å². The van der Waals surface area contributed by atoms with E-state index in [0.29, 0.717) is 5.57 Å². The third-order valence-corrected chi connectivity index (χ3v) is 4.87. The second-order valence-corrected chi connectivity index (χ2v) is 5.53. The van der Waals surface area contributed by atoms with Crippen LogP contribution >= 0.6 is 0 Å². The molecule has 102 valence electrons. The second-order valence-electron chi connectivity index (χ2n) is 5.53. The molecule has 0 aliphatic heterocycles. The van der Waals surface area contributed by atoms with Crippen LogP contribution in [0.15, 0.2) is 23.8 Å². The number of ketones is 2. The highest BCUT2D eigenvalue weighted by molar-refractivity contribution is 6.02. The van der Waals surface area contributed by atoms with E-state index >= 15 is 0 Å². The lowest BCUT2D eigenvalue weighted by Crippen LogP contribution is -2.63. The second kappa shape index (κ2) is 4.12. The molecule has 0 amide bonds. The van der Waals surface area contributed by atoms with Crippen LogP contribution in [0.25, 0.3) is 0 Å². The molecule has 1 fully saturated rings. The van der Waals surface area contributed by atoms with Gasteiger partial charge in [-0.15, -0.1) is 0 Å². The number of allylic oxidation sites excluding steroid dienone is 3. The number of rotatable bonds is 3. The fraction of sp³-hybridized carbons (Fsp3) is 0.600. The Labute approximate surface area is 112 Å². The molecule has 0 spiro atoms. The lowest BCUT2D eigenvalue weighted by Gasteiger charge is -2.52. The average molecular weight is 262 g/mol. The molecule has 4 aliphatic rings. The van der Waals surface area contributed by atoms with E-state index in [1.54, 1.807) is 6.92 Å². The summed E-state index contributed by atoms with van der Waals surface area (Å²) in [6.45, 7) is 1.55. The molecule has 0 aromatic heterocycles. The minimum absolute atomic E-state index is 0.00586. The molecule has 0 saturated heterocycles. The molecule has 0 N–H and O–H groups in total. The molecule has 4 unspecified atom stereocenters. The first-order chi connectivity index (χ1) is 9.06. The number of carbonyl (C=O) groups is 2. The molecule has 0 aromatic rings.